The standard InChI is InChI=1S/C29H32N4O3/c1-2-3-13-24-30-26-25(21-9-5-4-6-10-21)31-32-28(34)27(26)33(24)18-19-14-16-20(17-15-19)22-11-7-8-12-23(22)29(35)36/h7-8,11-12,14-17,21H,2-6,9-10,13,18H2,1H3,(H,32,34)(H,35,36). The van der Waals surface area contributed by atoms with Crippen LogP contribution < -0.4 is 0 Å². The average molecular weight is 485 g/mol. The highest BCUT2D eigenvalue weighted by Gasteiger charge is 2.25. The fourth-order valence-corrected chi connectivity index (χ4v) is 5.34. The third kappa shape index (κ3) is 4.70. The summed E-state index contributed by atoms with van der Waals surface area (Å²) >= 11 is 0. The molecule has 1 fully saturated rings. The molecule has 2 heterocycles. The van der Waals surface area contributed by atoms with Crippen LogP contribution in [0.25, 0.3) is 22.2 Å². The molecular formula is C29H32N4O3. The summed E-state index contributed by atoms with van der Waals surface area (Å²) in [6, 6.07) is 15.0. The van der Waals surface area contributed by atoms with E-state index in [1.54, 1.807) is 12.1 Å². The van der Waals surface area contributed by atoms with Gasteiger partial charge >= 0.3 is 5.97 Å². The van der Waals surface area contributed by atoms with E-state index in [0.717, 1.165) is 60.3 Å². The molecule has 5 rings (SSSR count). The van der Waals surface area contributed by atoms with Gasteiger partial charge in [-0.25, -0.2) is 9.78 Å². The van der Waals surface area contributed by atoms with Crippen molar-refractivity contribution in [3.8, 4) is 17.0 Å². The van der Waals surface area contributed by atoms with E-state index in [-0.39, 0.29) is 11.4 Å². The predicted octanol–water partition coefficient (Wildman–Crippen LogP) is 6.34. The molecule has 0 atom stereocenters. The van der Waals surface area contributed by atoms with Crippen LogP contribution in [0.2, 0.25) is 0 Å². The number of fused-ring (bicyclic) bond motifs is 1. The highest BCUT2D eigenvalue weighted by molar-refractivity contribution is 5.96. The lowest BCUT2D eigenvalue weighted by atomic mass is 9.86. The first-order chi connectivity index (χ1) is 17.6. The zero-order valence-electron chi connectivity index (χ0n) is 20.7. The summed E-state index contributed by atoms with van der Waals surface area (Å²) in [5.41, 5.74) is 5.24. The topological polar surface area (TPSA) is 101 Å². The summed E-state index contributed by atoms with van der Waals surface area (Å²) in [7, 11) is 0. The lowest BCUT2D eigenvalue weighted by molar-refractivity contribution is 0.0697. The Kier molecular flexibility index (Phi) is 6.98. The summed E-state index contributed by atoms with van der Waals surface area (Å²) in [6.45, 7) is 2.70. The summed E-state index contributed by atoms with van der Waals surface area (Å²) < 4.78 is 2.08. The van der Waals surface area contributed by atoms with Gasteiger partial charge in [0, 0.05) is 18.9 Å². The van der Waals surface area contributed by atoms with Crippen molar-refractivity contribution in [1.29, 1.82) is 0 Å². The Hall–Kier alpha value is -3.74. The van der Waals surface area contributed by atoms with Crippen LogP contribution in [0.4, 0.5) is 0 Å². The first-order valence-electron chi connectivity index (χ1n) is 12.9. The molecule has 186 valence electrons. The number of benzene rings is 2. The normalized spacial score (nSPS) is 14.4. The van der Waals surface area contributed by atoms with E-state index in [0.29, 0.717) is 23.5 Å². The molecule has 7 heteroatoms. The van der Waals surface area contributed by atoms with Gasteiger partial charge in [-0.05, 0) is 42.0 Å². The van der Waals surface area contributed by atoms with Crippen molar-refractivity contribution >= 4 is 17.0 Å². The number of imidazole rings is 1. The maximum atomic E-state index is 11.7. The molecule has 2 N–H and O–H groups in total. The van der Waals surface area contributed by atoms with E-state index in [1.165, 1.54) is 19.3 Å². The van der Waals surface area contributed by atoms with Crippen molar-refractivity contribution in [2.75, 3.05) is 0 Å². The third-order valence-electron chi connectivity index (χ3n) is 7.26. The Bertz CT molecular complexity index is 1370. The number of rotatable bonds is 8. The van der Waals surface area contributed by atoms with Gasteiger partial charge in [0.1, 0.15) is 16.9 Å². The van der Waals surface area contributed by atoms with Crippen LogP contribution in [0.1, 0.15) is 85.2 Å². The lowest BCUT2D eigenvalue weighted by Gasteiger charge is -2.20. The number of aromatic carboxylic acids is 1. The fraction of sp³-hybridized carbons (Fsp3) is 0.379. The van der Waals surface area contributed by atoms with E-state index < -0.39 is 5.97 Å². The number of unbranched alkanes of at least 4 members (excludes halogenated alkanes) is 1. The van der Waals surface area contributed by atoms with Gasteiger partial charge in [0.2, 0.25) is 0 Å². The second kappa shape index (κ2) is 10.5. The van der Waals surface area contributed by atoms with Gasteiger partial charge in [0.15, 0.2) is 0 Å². The molecule has 0 amide bonds. The lowest BCUT2D eigenvalue weighted by Crippen LogP contribution is -2.09. The molecule has 7 nitrogen and oxygen atoms in total. The van der Waals surface area contributed by atoms with Gasteiger partial charge < -0.3 is 14.8 Å². The highest BCUT2D eigenvalue weighted by Crippen LogP contribution is 2.37. The fourth-order valence-electron chi connectivity index (χ4n) is 5.34. The largest absolute Gasteiger partial charge is 0.491 e. The molecular weight excluding hydrogens is 452 g/mol. The molecule has 0 radical (unpaired) electrons. The number of aromatic hydroxyl groups is 1. The van der Waals surface area contributed by atoms with Crippen molar-refractivity contribution in [1.82, 2.24) is 19.7 Å². The molecule has 36 heavy (non-hydrogen) atoms. The Morgan fingerprint density at radius 3 is 2.50 bits per heavy atom. The minimum Gasteiger partial charge on any atom is -0.491 e. The summed E-state index contributed by atoms with van der Waals surface area (Å²) in [4.78, 5) is 16.7. The quantitative estimate of drug-likeness (QED) is 0.303. The molecule has 0 bridgehead atoms. The molecule has 2 aromatic carbocycles. The number of hydrogen-bond acceptors (Lipinski definition) is 5. The molecule has 0 unspecified atom stereocenters. The van der Waals surface area contributed by atoms with Gasteiger partial charge in [-0.3, -0.25) is 0 Å². The van der Waals surface area contributed by atoms with E-state index in [4.69, 9.17) is 4.98 Å². The predicted molar refractivity (Wildman–Crippen MR) is 139 cm³/mol. The van der Waals surface area contributed by atoms with Crippen LogP contribution >= 0.6 is 0 Å². The Balaban J connectivity index is 1.52. The van der Waals surface area contributed by atoms with Crippen LogP contribution in [-0.2, 0) is 13.0 Å². The van der Waals surface area contributed by atoms with Gasteiger partial charge in [-0.2, -0.15) is 0 Å². The van der Waals surface area contributed by atoms with E-state index in [2.05, 4.69) is 21.7 Å². The van der Waals surface area contributed by atoms with Crippen molar-refractivity contribution < 1.29 is 15.0 Å². The molecule has 0 spiro atoms. The first-order valence-corrected chi connectivity index (χ1v) is 12.9. The second-order valence-corrected chi connectivity index (χ2v) is 9.71. The summed E-state index contributed by atoms with van der Waals surface area (Å²) in [6.07, 6.45) is 8.70. The zero-order chi connectivity index (χ0) is 25.1. The Labute approximate surface area is 210 Å². The smallest absolute Gasteiger partial charge is 0.336 e. The highest BCUT2D eigenvalue weighted by atomic mass is 16.4. The van der Waals surface area contributed by atoms with Crippen LogP contribution in [-0.4, -0.2) is 35.9 Å². The van der Waals surface area contributed by atoms with Crippen LogP contribution in [0.15, 0.2) is 48.5 Å². The molecule has 0 aliphatic heterocycles. The monoisotopic (exact) mass is 484 g/mol. The van der Waals surface area contributed by atoms with Crippen LogP contribution in [0, 0.1) is 0 Å². The Morgan fingerprint density at radius 1 is 1.03 bits per heavy atom. The molecule has 1 aliphatic carbocycles. The number of hydrogen-bond donors (Lipinski definition) is 2. The number of carboxylic acid groups (broad SMARTS) is 1. The Morgan fingerprint density at radius 2 is 1.78 bits per heavy atom. The number of carboxylic acids is 1. The number of nitrogens with zero attached hydrogens (tertiary/aromatic N) is 4. The van der Waals surface area contributed by atoms with Gasteiger partial charge in [0.25, 0.3) is 5.88 Å². The zero-order valence-corrected chi connectivity index (χ0v) is 20.7. The van der Waals surface area contributed by atoms with Crippen molar-refractivity contribution in [2.24, 2.45) is 0 Å². The maximum Gasteiger partial charge on any atom is 0.336 e. The minimum atomic E-state index is -0.939. The van der Waals surface area contributed by atoms with Crippen molar-refractivity contribution in [2.45, 2.75) is 70.8 Å². The van der Waals surface area contributed by atoms with E-state index in [1.807, 2.05) is 36.4 Å². The van der Waals surface area contributed by atoms with Crippen molar-refractivity contribution in [3.05, 3.63) is 71.2 Å². The third-order valence-corrected chi connectivity index (χ3v) is 7.26. The van der Waals surface area contributed by atoms with E-state index in [9.17, 15) is 15.0 Å². The first kappa shape index (κ1) is 24.0. The van der Waals surface area contributed by atoms with Gasteiger partial charge in [0.05, 0.1) is 11.3 Å². The van der Waals surface area contributed by atoms with Gasteiger partial charge in [-0.1, -0.05) is 75.1 Å². The maximum absolute atomic E-state index is 11.7. The van der Waals surface area contributed by atoms with E-state index >= 15 is 0 Å². The average Bonchev–Trinajstić information content (AvgIpc) is 3.27. The second-order valence-electron chi connectivity index (χ2n) is 9.71. The summed E-state index contributed by atoms with van der Waals surface area (Å²) in [5, 5.41) is 28.9. The summed E-state index contributed by atoms with van der Waals surface area (Å²) in [5.74, 6) is 0.261. The number of aromatic nitrogens is 4. The van der Waals surface area contributed by atoms with Gasteiger partial charge in [-0.15, -0.1) is 10.2 Å². The molecule has 1 saturated carbocycles. The number of carbonyl (C=O) groups is 1. The number of aryl methyl sites for hydroxylation is 1. The molecule has 0 saturated heterocycles. The molecule has 4 aromatic rings. The van der Waals surface area contributed by atoms with Crippen LogP contribution in [0.3, 0.4) is 0 Å². The van der Waals surface area contributed by atoms with Crippen LogP contribution in [0.5, 0.6) is 5.88 Å². The molecule has 2 aromatic heterocycles. The molecule has 1 aliphatic rings. The van der Waals surface area contributed by atoms with Crippen molar-refractivity contribution in [3.63, 3.8) is 0 Å². The minimum absolute atomic E-state index is 0.0770. The SMILES string of the molecule is CCCCc1nc2c(C3CCCCC3)nnc(O)c2n1Cc1ccc(-c2ccccc2C(=O)O)cc1.